The standard InChI is InChI=1S/C26H33ClO/c1-14(2)17-7-10-25(28-6)24(11-17)23-13-22(23)21-12-20(21)19-9-8-18(15(3)4)16(5)26(19)27/h7-11,14-15,20-23H,12-13H2,1-6H3. The SMILES string of the molecule is COc1ccc(C(C)C)cc1C1CC1C1CC1c1ccc(C(C)C)c(C)c1Cl. The highest BCUT2D eigenvalue weighted by Gasteiger charge is 2.55. The Hall–Kier alpha value is -1.47. The van der Waals surface area contributed by atoms with Crippen molar-refractivity contribution >= 4 is 11.6 Å². The van der Waals surface area contributed by atoms with Gasteiger partial charge in [0.15, 0.2) is 0 Å². The normalized spacial score (nSPS) is 26.0. The molecule has 2 heteroatoms. The minimum Gasteiger partial charge on any atom is -0.496 e. The summed E-state index contributed by atoms with van der Waals surface area (Å²) in [5, 5.41) is 1.01. The van der Waals surface area contributed by atoms with Crippen LogP contribution < -0.4 is 4.74 Å². The van der Waals surface area contributed by atoms with Crippen LogP contribution in [0.15, 0.2) is 30.3 Å². The first-order valence-corrected chi connectivity index (χ1v) is 11.2. The predicted molar refractivity (Wildman–Crippen MR) is 119 cm³/mol. The predicted octanol–water partition coefficient (Wildman–Crippen LogP) is 7.81. The third-order valence-electron chi connectivity index (χ3n) is 7.03. The van der Waals surface area contributed by atoms with Crippen LogP contribution in [0.3, 0.4) is 0 Å². The van der Waals surface area contributed by atoms with E-state index in [1.807, 2.05) is 0 Å². The molecule has 0 radical (unpaired) electrons. The van der Waals surface area contributed by atoms with E-state index < -0.39 is 0 Å². The summed E-state index contributed by atoms with van der Waals surface area (Å²) >= 11 is 6.80. The molecule has 2 aromatic rings. The fourth-order valence-electron chi connectivity index (χ4n) is 5.13. The van der Waals surface area contributed by atoms with Crippen LogP contribution in [-0.2, 0) is 0 Å². The third-order valence-corrected chi connectivity index (χ3v) is 7.53. The molecule has 0 heterocycles. The summed E-state index contributed by atoms with van der Waals surface area (Å²) in [4.78, 5) is 0. The largest absolute Gasteiger partial charge is 0.496 e. The van der Waals surface area contributed by atoms with Crippen LogP contribution >= 0.6 is 11.6 Å². The van der Waals surface area contributed by atoms with Gasteiger partial charge in [-0.15, -0.1) is 0 Å². The maximum atomic E-state index is 6.80. The van der Waals surface area contributed by atoms with Gasteiger partial charge in [0, 0.05) is 5.02 Å². The van der Waals surface area contributed by atoms with Crippen molar-refractivity contribution < 1.29 is 4.74 Å². The molecule has 0 N–H and O–H groups in total. The molecule has 28 heavy (non-hydrogen) atoms. The van der Waals surface area contributed by atoms with Crippen LogP contribution in [0.1, 0.15) is 92.0 Å². The molecule has 4 unspecified atom stereocenters. The summed E-state index contributed by atoms with van der Waals surface area (Å²) in [6, 6.07) is 11.4. The van der Waals surface area contributed by atoms with Gasteiger partial charge >= 0.3 is 0 Å². The van der Waals surface area contributed by atoms with Crippen molar-refractivity contribution in [3.05, 3.63) is 63.2 Å². The zero-order valence-electron chi connectivity index (χ0n) is 18.1. The van der Waals surface area contributed by atoms with E-state index in [-0.39, 0.29) is 0 Å². The molecular formula is C26H33ClO. The second-order valence-corrected chi connectivity index (χ2v) is 9.88. The van der Waals surface area contributed by atoms with Gasteiger partial charge in [-0.3, -0.25) is 0 Å². The van der Waals surface area contributed by atoms with E-state index in [0.29, 0.717) is 23.7 Å². The topological polar surface area (TPSA) is 9.23 Å². The van der Waals surface area contributed by atoms with Crippen molar-refractivity contribution in [1.29, 1.82) is 0 Å². The summed E-state index contributed by atoms with van der Waals surface area (Å²) in [7, 11) is 1.80. The first kappa shape index (κ1) is 19.8. The second-order valence-electron chi connectivity index (χ2n) is 9.51. The summed E-state index contributed by atoms with van der Waals surface area (Å²) in [6.07, 6.45) is 2.58. The first-order chi connectivity index (χ1) is 13.3. The van der Waals surface area contributed by atoms with Gasteiger partial charge in [0.1, 0.15) is 5.75 Å². The van der Waals surface area contributed by atoms with Crippen molar-refractivity contribution in [2.24, 2.45) is 11.8 Å². The zero-order valence-corrected chi connectivity index (χ0v) is 18.8. The Morgan fingerprint density at radius 3 is 2.11 bits per heavy atom. The van der Waals surface area contributed by atoms with E-state index >= 15 is 0 Å². The highest BCUT2D eigenvalue weighted by atomic mass is 35.5. The third kappa shape index (κ3) is 3.47. The Morgan fingerprint density at radius 1 is 0.893 bits per heavy atom. The molecule has 2 saturated carbocycles. The van der Waals surface area contributed by atoms with E-state index in [0.717, 1.165) is 22.6 Å². The van der Waals surface area contributed by atoms with Crippen LogP contribution in [-0.4, -0.2) is 7.11 Å². The number of benzene rings is 2. The molecule has 4 atom stereocenters. The molecule has 0 bridgehead atoms. The molecule has 0 amide bonds. The Morgan fingerprint density at radius 2 is 1.54 bits per heavy atom. The van der Waals surface area contributed by atoms with Gasteiger partial charge < -0.3 is 4.74 Å². The van der Waals surface area contributed by atoms with E-state index in [2.05, 4.69) is 65.0 Å². The maximum Gasteiger partial charge on any atom is 0.122 e. The molecule has 0 aromatic heterocycles. The average Bonchev–Trinajstić information content (AvgIpc) is 3.56. The number of halogens is 1. The quantitative estimate of drug-likeness (QED) is 0.483. The number of rotatable bonds is 6. The Balaban J connectivity index is 1.52. The van der Waals surface area contributed by atoms with Gasteiger partial charge in [-0.1, -0.05) is 63.6 Å². The van der Waals surface area contributed by atoms with Crippen molar-refractivity contribution in [3.8, 4) is 5.75 Å². The van der Waals surface area contributed by atoms with E-state index in [1.54, 1.807) is 7.11 Å². The monoisotopic (exact) mass is 396 g/mol. The highest BCUT2D eigenvalue weighted by Crippen LogP contribution is 2.66. The lowest BCUT2D eigenvalue weighted by molar-refractivity contribution is 0.408. The first-order valence-electron chi connectivity index (χ1n) is 10.8. The van der Waals surface area contributed by atoms with Gasteiger partial charge in [-0.25, -0.2) is 0 Å². The Bertz CT molecular complexity index is 882. The summed E-state index contributed by atoms with van der Waals surface area (Å²) in [5.41, 5.74) is 6.87. The average molecular weight is 397 g/mol. The maximum absolute atomic E-state index is 6.80. The second kappa shape index (κ2) is 7.41. The molecule has 2 aliphatic carbocycles. The number of methoxy groups -OCH3 is 1. The lowest BCUT2D eigenvalue weighted by Gasteiger charge is -2.15. The van der Waals surface area contributed by atoms with Gasteiger partial charge in [-0.2, -0.15) is 0 Å². The van der Waals surface area contributed by atoms with Crippen LogP contribution in [0.25, 0.3) is 0 Å². The minimum absolute atomic E-state index is 0.523. The fourth-order valence-corrected chi connectivity index (χ4v) is 5.44. The minimum atomic E-state index is 0.523. The number of hydrogen-bond acceptors (Lipinski definition) is 1. The summed E-state index contributed by atoms with van der Waals surface area (Å²) in [6.45, 7) is 11.2. The molecule has 150 valence electrons. The molecule has 1 nitrogen and oxygen atoms in total. The molecule has 2 aliphatic rings. The molecule has 0 saturated heterocycles. The Labute approximate surface area is 175 Å². The van der Waals surface area contributed by atoms with Crippen molar-refractivity contribution in [3.63, 3.8) is 0 Å². The van der Waals surface area contributed by atoms with Gasteiger partial charge in [0.2, 0.25) is 0 Å². The van der Waals surface area contributed by atoms with E-state index in [1.165, 1.54) is 40.7 Å². The smallest absolute Gasteiger partial charge is 0.122 e. The van der Waals surface area contributed by atoms with Crippen LogP contribution in [0.2, 0.25) is 5.02 Å². The van der Waals surface area contributed by atoms with Gasteiger partial charge in [0.05, 0.1) is 7.11 Å². The molecule has 4 rings (SSSR count). The molecule has 2 fully saturated rings. The number of ether oxygens (including phenoxy) is 1. The zero-order chi connectivity index (χ0) is 20.2. The van der Waals surface area contributed by atoms with E-state index in [9.17, 15) is 0 Å². The van der Waals surface area contributed by atoms with Gasteiger partial charge in [-0.05, 0) is 89.2 Å². The van der Waals surface area contributed by atoms with Gasteiger partial charge in [0.25, 0.3) is 0 Å². The van der Waals surface area contributed by atoms with Crippen molar-refractivity contribution in [2.75, 3.05) is 7.11 Å². The van der Waals surface area contributed by atoms with Crippen LogP contribution in [0.4, 0.5) is 0 Å². The lowest BCUT2D eigenvalue weighted by Crippen LogP contribution is -1.98. The molecule has 0 spiro atoms. The highest BCUT2D eigenvalue weighted by molar-refractivity contribution is 6.32. The van der Waals surface area contributed by atoms with E-state index in [4.69, 9.17) is 16.3 Å². The van der Waals surface area contributed by atoms with Crippen molar-refractivity contribution in [2.45, 2.75) is 71.1 Å². The lowest BCUT2D eigenvalue weighted by atomic mass is 9.93. The van der Waals surface area contributed by atoms with Crippen molar-refractivity contribution in [1.82, 2.24) is 0 Å². The molecule has 0 aliphatic heterocycles. The summed E-state index contributed by atoms with van der Waals surface area (Å²) < 4.78 is 5.69. The molecular weight excluding hydrogens is 364 g/mol. The van der Waals surface area contributed by atoms with Crippen LogP contribution in [0, 0.1) is 18.8 Å². The Kier molecular flexibility index (Phi) is 5.25. The molecule has 2 aromatic carbocycles. The van der Waals surface area contributed by atoms with Crippen LogP contribution in [0.5, 0.6) is 5.75 Å². The fraction of sp³-hybridized carbons (Fsp3) is 0.538. The number of hydrogen-bond donors (Lipinski definition) is 0. The summed E-state index contributed by atoms with van der Waals surface area (Å²) in [5.74, 6) is 4.98.